The summed E-state index contributed by atoms with van der Waals surface area (Å²) in [7, 11) is -3.19. The molecule has 6 aliphatic rings. The summed E-state index contributed by atoms with van der Waals surface area (Å²) in [5.41, 5.74) is 3.93. The number of hydrogen-bond donors (Lipinski definition) is 2. The van der Waals surface area contributed by atoms with Gasteiger partial charge in [-0.1, -0.05) is 52.3 Å². The van der Waals surface area contributed by atoms with Gasteiger partial charge in [-0.3, -0.25) is 4.90 Å². The predicted octanol–water partition coefficient (Wildman–Crippen LogP) is 7.76. The van der Waals surface area contributed by atoms with Gasteiger partial charge in [-0.15, -0.1) is 11.6 Å². The minimum absolute atomic E-state index is 0.0398. The van der Waals surface area contributed by atoms with Crippen LogP contribution in [0, 0.1) is 45.8 Å². The minimum Gasteiger partial charge on any atom is -0.478 e. The van der Waals surface area contributed by atoms with Gasteiger partial charge in [0.25, 0.3) is 0 Å². The molecule has 1 heterocycles. The molecule has 0 amide bonds. The van der Waals surface area contributed by atoms with Gasteiger partial charge in [0.05, 0.1) is 11.3 Å². The average molecular weight is 728 g/mol. The minimum atomic E-state index is -3.19. The van der Waals surface area contributed by atoms with Crippen molar-refractivity contribution in [3.8, 4) is 0 Å². The van der Waals surface area contributed by atoms with E-state index in [-0.39, 0.29) is 22.1 Å². The summed E-state index contributed by atoms with van der Waals surface area (Å²) in [6.45, 7) is 15.1. The molecule has 4 saturated carbocycles. The fourth-order valence-corrected chi connectivity index (χ4v) is 15.3. The van der Waals surface area contributed by atoms with Gasteiger partial charge in [-0.25, -0.2) is 13.2 Å². The highest BCUT2D eigenvalue weighted by atomic mass is 35.5. The van der Waals surface area contributed by atoms with Gasteiger partial charge in [0.2, 0.25) is 10.0 Å². The highest BCUT2D eigenvalue weighted by Gasteiger charge is 2.65. The highest BCUT2D eigenvalue weighted by molar-refractivity contribution is 7.89. The number of carbonyl (C=O) groups is 1. The van der Waals surface area contributed by atoms with Crippen LogP contribution >= 0.6 is 11.6 Å². The van der Waals surface area contributed by atoms with E-state index in [1.165, 1.54) is 68.9 Å². The quantitative estimate of drug-likeness (QED) is 0.240. The second-order valence-corrected chi connectivity index (χ2v) is 20.6. The van der Waals surface area contributed by atoms with E-state index in [4.69, 9.17) is 11.6 Å². The molecule has 278 valence electrons. The first-order valence-electron chi connectivity index (χ1n) is 19.8. The summed E-state index contributed by atoms with van der Waals surface area (Å²) >= 11 is 5.76. The number of halogens is 1. The topological polar surface area (TPSA) is 89.9 Å². The van der Waals surface area contributed by atoms with Crippen molar-refractivity contribution >= 4 is 33.2 Å². The first kappa shape index (κ1) is 36.9. The number of piperazine rings is 1. The third-order valence-electron chi connectivity index (χ3n) is 15.7. The van der Waals surface area contributed by atoms with Crippen LogP contribution in [0.4, 0.5) is 0 Å². The molecular formula is C41H62ClN3O4S. The Morgan fingerprint density at radius 2 is 1.64 bits per heavy atom. The van der Waals surface area contributed by atoms with Gasteiger partial charge in [0.15, 0.2) is 0 Å². The van der Waals surface area contributed by atoms with E-state index >= 15 is 0 Å². The zero-order chi connectivity index (χ0) is 35.5. The van der Waals surface area contributed by atoms with Crippen molar-refractivity contribution in [1.82, 2.24) is 14.5 Å². The molecule has 9 heteroatoms. The monoisotopic (exact) mass is 727 g/mol. The molecular weight excluding hydrogens is 666 g/mol. The second-order valence-electron chi connectivity index (χ2n) is 18.1. The maximum Gasteiger partial charge on any atom is 0.335 e. The lowest BCUT2D eigenvalue weighted by molar-refractivity contribution is -0.172. The second kappa shape index (κ2) is 13.8. The molecule has 8 atom stereocenters. The van der Waals surface area contributed by atoms with Crippen molar-refractivity contribution in [1.29, 1.82) is 0 Å². The number of benzene rings is 1. The molecule has 5 fully saturated rings. The number of hydrogen-bond acceptors (Lipinski definition) is 5. The molecule has 7 rings (SSSR count). The number of carboxylic acids is 1. The maximum absolute atomic E-state index is 12.6. The fourth-order valence-electron chi connectivity index (χ4n) is 13.5. The molecule has 5 aliphatic carbocycles. The molecule has 4 unspecified atom stereocenters. The van der Waals surface area contributed by atoms with Gasteiger partial charge in [-0.05, 0) is 133 Å². The van der Waals surface area contributed by atoms with Crippen molar-refractivity contribution in [2.24, 2.45) is 45.8 Å². The molecule has 0 bridgehead atoms. The summed E-state index contributed by atoms with van der Waals surface area (Å²) in [4.78, 5) is 14.0. The summed E-state index contributed by atoms with van der Waals surface area (Å²) in [5.74, 6) is 3.44. The van der Waals surface area contributed by atoms with Crippen LogP contribution in [0.3, 0.4) is 0 Å². The maximum atomic E-state index is 12.6. The lowest BCUT2D eigenvalue weighted by atomic mass is 9.37. The van der Waals surface area contributed by atoms with E-state index in [1.807, 2.05) is 12.1 Å². The summed E-state index contributed by atoms with van der Waals surface area (Å²) < 4.78 is 27.0. The van der Waals surface area contributed by atoms with Crippen molar-refractivity contribution < 1.29 is 18.3 Å². The molecule has 0 aromatic heterocycles. The van der Waals surface area contributed by atoms with Crippen molar-refractivity contribution in [3.63, 3.8) is 0 Å². The summed E-state index contributed by atoms with van der Waals surface area (Å²) in [6, 6.07) is 7.59. The SMILES string of the molecule is CC1(C)C(c2ccc(C(=O)O)cc2)=CC[C@@]2(C)C1CC[C@@]1(C)C3CC[C@@]4(NCCN5CCN(S(=O)(=O)CCCCl)CC5)CCCC4[C@H]3CCC12. The number of nitrogens with zero attached hydrogens (tertiary/aromatic N) is 2. The smallest absolute Gasteiger partial charge is 0.335 e. The van der Waals surface area contributed by atoms with Gasteiger partial charge < -0.3 is 10.4 Å². The van der Waals surface area contributed by atoms with E-state index in [9.17, 15) is 18.3 Å². The van der Waals surface area contributed by atoms with Crippen LogP contribution in [0.15, 0.2) is 30.3 Å². The van der Waals surface area contributed by atoms with E-state index in [0.717, 1.165) is 56.3 Å². The number of fused-ring (bicyclic) bond motifs is 7. The zero-order valence-corrected chi connectivity index (χ0v) is 32.6. The van der Waals surface area contributed by atoms with Gasteiger partial charge in [0.1, 0.15) is 0 Å². The van der Waals surface area contributed by atoms with E-state index in [2.05, 4.69) is 44.0 Å². The Morgan fingerprint density at radius 3 is 2.34 bits per heavy atom. The molecule has 1 aromatic rings. The van der Waals surface area contributed by atoms with Crippen LogP contribution in [0.25, 0.3) is 5.57 Å². The Morgan fingerprint density at radius 1 is 0.900 bits per heavy atom. The summed E-state index contributed by atoms with van der Waals surface area (Å²) in [5, 5.41) is 13.6. The van der Waals surface area contributed by atoms with Crippen LogP contribution in [0.5, 0.6) is 0 Å². The number of aromatic carboxylic acids is 1. The standard InChI is InChI=1S/C41H62ClN3O4S/c1-38(2)32(29-8-10-30(11-9-29)37(46)47)14-18-40(4)35(38)16-19-39(3)33-15-20-41(17-5-7-34(41)31(33)12-13-36(39)40)43-22-23-44-24-26-45(27-25-44)50(48,49)28-6-21-42/h8-11,14,31,33-36,43H,5-7,12-13,15-28H2,1-4H3,(H,46,47)/t31-,33?,34?,35?,36?,39-,40-,41-/m0/s1. The van der Waals surface area contributed by atoms with Crippen LogP contribution in [-0.2, 0) is 10.0 Å². The Bertz CT molecular complexity index is 1560. The van der Waals surface area contributed by atoms with Crippen LogP contribution in [0.1, 0.15) is 114 Å². The highest BCUT2D eigenvalue weighted by Crippen LogP contribution is 2.72. The molecule has 1 saturated heterocycles. The van der Waals surface area contributed by atoms with Gasteiger partial charge in [0, 0.05) is 50.7 Å². The van der Waals surface area contributed by atoms with Crippen LogP contribution in [0.2, 0.25) is 0 Å². The number of rotatable bonds is 10. The molecule has 1 aromatic carbocycles. The van der Waals surface area contributed by atoms with Crippen molar-refractivity contribution in [2.75, 3.05) is 50.9 Å². The van der Waals surface area contributed by atoms with Crippen molar-refractivity contribution in [3.05, 3.63) is 41.5 Å². The van der Waals surface area contributed by atoms with E-state index in [1.54, 1.807) is 16.4 Å². The Labute approximate surface area is 307 Å². The Kier molecular flexibility index (Phi) is 10.1. The molecule has 7 nitrogen and oxygen atoms in total. The fraction of sp³-hybridized carbons (Fsp3) is 0.780. The molecule has 50 heavy (non-hydrogen) atoms. The third kappa shape index (κ3) is 6.23. The number of sulfonamides is 1. The summed E-state index contributed by atoms with van der Waals surface area (Å²) in [6.07, 6.45) is 16.2. The number of nitrogens with one attached hydrogen (secondary N) is 1. The van der Waals surface area contributed by atoms with E-state index < -0.39 is 16.0 Å². The molecule has 1 aliphatic heterocycles. The van der Waals surface area contributed by atoms with E-state index in [0.29, 0.717) is 42.3 Å². The average Bonchev–Trinajstić information content (AvgIpc) is 3.52. The Balaban J connectivity index is 1.01. The molecule has 0 radical (unpaired) electrons. The lowest BCUT2D eigenvalue weighted by Crippen LogP contribution is -2.64. The first-order chi connectivity index (χ1) is 23.7. The lowest BCUT2D eigenvalue weighted by Gasteiger charge is -2.68. The van der Waals surface area contributed by atoms with Crippen molar-refractivity contribution in [2.45, 2.75) is 104 Å². The molecule has 2 N–H and O–H groups in total. The van der Waals surface area contributed by atoms with Crippen LogP contribution in [-0.4, -0.2) is 85.1 Å². The number of allylic oxidation sites excluding steroid dienone is 2. The first-order valence-corrected chi connectivity index (χ1v) is 22.0. The predicted molar refractivity (Wildman–Crippen MR) is 203 cm³/mol. The number of carboxylic acid groups (broad SMARTS) is 1. The third-order valence-corrected chi connectivity index (χ3v) is 17.9. The molecule has 0 spiro atoms. The zero-order valence-electron chi connectivity index (χ0n) is 31.1. The number of alkyl halides is 1. The van der Waals surface area contributed by atoms with Gasteiger partial charge in [-0.2, -0.15) is 4.31 Å². The largest absolute Gasteiger partial charge is 0.478 e. The van der Waals surface area contributed by atoms with Gasteiger partial charge >= 0.3 is 5.97 Å². The Hall–Kier alpha value is -1.45. The van der Waals surface area contributed by atoms with Crippen LogP contribution < -0.4 is 5.32 Å². The normalized spacial score (nSPS) is 38.7.